The van der Waals surface area contributed by atoms with Crippen molar-refractivity contribution in [2.24, 2.45) is 0 Å². The summed E-state index contributed by atoms with van der Waals surface area (Å²) in [6, 6.07) is 16.2. The fourth-order valence-electron chi connectivity index (χ4n) is 3.74. The van der Waals surface area contributed by atoms with Crippen LogP contribution in [0.25, 0.3) is 22.6 Å². The van der Waals surface area contributed by atoms with Gasteiger partial charge in [0.15, 0.2) is 5.78 Å². The lowest BCUT2D eigenvalue weighted by Gasteiger charge is -2.18. The molecule has 6 nitrogen and oxygen atoms in total. The largest absolute Gasteiger partial charge is 0.416 e. The molecule has 0 aliphatic heterocycles. The average Bonchev–Trinajstić information content (AvgIpc) is 3.28. The molecule has 0 saturated carbocycles. The van der Waals surface area contributed by atoms with Gasteiger partial charge in [-0.05, 0) is 68.4 Å². The van der Waals surface area contributed by atoms with Gasteiger partial charge in [0.1, 0.15) is 0 Å². The third kappa shape index (κ3) is 4.01. The van der Waals surface area contributed by atoms with Gasteiger partial charge in [0, 0.05) is 16.9 Å². The Morgan fingerprint density at radius 2 is 1.74 bits per heavy atom. The van der Waals surface area contributed by atoms with E-state index in [1.807, 2.05) is 6.07 Å². The zero-order valence-corrected chi connectivity index (χ0v) is 18.1. The molecule has 4 aromatic rings. The van der Waals surface area contributed by atoms with Crippen molar-refractivity contribution in [1.29, 1.82) is 5.26 Å². The van der Waals surface area contributed by atoms with E-state index in [1.165, 1.54) is 31.3 Å². The van der Waals surface area contributed by atoms with Crippen LogP contribution < -0.4 is 5.56 Å². The number of rotatable bonds is 4. The lowest BCUT2D eigenvalue weighted by Crippen LogP contribution is -2.27. The molecule has 2 aromatic carbocycles. The molecule has 0 amide bonds. The maximum absolute atomic E-state index is 13.3. The summed E-state index contributed by atoms with van der Waals surface area (Å²) in [7, 11) is 0. The van der Waals surface area contributed by atoms with E-state index >= 15 is 0 Å². The zero-order valence-electron chi connectivity index (χ0n) is 18.1. The van der Waals surface area contributed by atoms with Crippen LogP contribution in [0.4, 0.5) is 13.2 Å². The Kier molecular flexibility index (Phi) is 5.67. The lowest BCUT2D eigenvalue weighted by atomic mass is 10.0. The lowest BCUT2D eigenvalue weighted by molar-refractivity contribution is -0.137. The number of carbonyl (C=O) groups excluding carboxylic acids is 1. The predicted octanol–water partition coefficient (Wildman–Crippen LogP) is 5.09. The molecule has 170 valence electrons. The summed E-state index contributed by atoms with van der Waals surface area (Å²) in [5.41, 5.74) is 0.604. The smallest absolute Gasteiger partial charge is 0.294 e. The van der Waals surface area contributed by atoms with Crippen molar-refractivity contribution in [2.45, 2.75) is 20.0 Å². The Labute approximate surface area is 192 Å². The van der Waals surface area contributed by atoms with Crippen molar-refractivity contribution in [2.75, 3.05) is 0 Å². The normalized spacial score (nSPS) is 11.3. The van der Waals surface area contributed by atoms with Gasteiger partial charge in [0.05, 0.1) is 40.3 Å². The average molecular weight is 462 g/mol. The molecule has 9 heteroatoms. The number of ketones is 1. The Morgan fingerprint density at radius 1 is 1.03 bits per heavy atom. The number of aromatic nitrogens is 3. The van der Waals surface area contributed by atoms with Crippen molar-refractivity contribution < 1.29 is 18.0 Å². The van der Waals surface area contributed by atoms with Gasteiger partial charge in [-0.2, -0.15) is 23.5 Å². The molecule has 0 saturated heterocycles. The zero-order chi connectivity index (χ0) is 24.6. The summed E-state index contributed by atoms with van der Waals surface area (Å²) in [6.07, 6.45) is -3.07. The van der Waals surface area contributed by atoms with Gasteiger partial charge in [0.2, 0.25) is 0 Å². The van der Waals surface area contributed by atoms with E-state index in [-0.39, 0.29) is 11.3 Å². The molecule has 0 radical (unpaired) electrons. The quantitative estimate of drug-likeness (QED) is 0.396. The molecular weight excluding hydrogens is 445 g/mol. The standard InChI is InChI=1S/C25H17F3N4O2/c1-15-21(23-10-11-30-32(23)19-8-6-17(14-29)7-9-19)13-22(16(2)33)24(34)31(15)20-5-3-4-18(12-20)25(26,27)28/h3-13H,1-2H3. The monoisotopic (exact) mass is 462 g/mol. The van der Waals surface area contributed by atoms with Crippen LogP contribution in [0.5, 0.6) is 0 Å². The predicted molar refractivity (Wildman–Crippen MR) is 119 cm³/mol. The summed E-state index contributed by atoms with van der Waals surface area (Å²) < 4.78 is 42.6. The number of hydrogen-bond donors (Lipinski definition) is 0. The van der Waals surface area contributed by atoms with E-state index in [0.717, 1.165) is 16.7 Å². The maximum atomic E-state index is 13.3. The molecule has 0 aliphatic carbocycles. The molecule has 0 spiro atoms. The van der Waals surface area contributed by atoms with Gasteiger partial charge in [-0.25, -0.2) is 4.68 Å². The highest BCUT2D eigenvalue weighted by molar-refractivity contribution is 5.95. The molecule has 2 aromatic heterocycles. The van der Waals surface area contributed by atoms with E-state index < -0.39 is 23.1 Å². The molecule has 2 heterocycles. The van der Waals surface area contributed by atoms with Crippen LogP contribution in [0.3, 0.4) is 0 Å². The van der Waals surface area contributed by atoms with E-state index in [0.29, 0.717) is 28.2 Å². The number of nitriles is 1. The summed E-state index contributed by atoms with van der Waals surface area (Å²) in [5, 5.41) is 13.4. The van der Waals surface area contributed by atoms with Crippen molar-refractivity contribution >= 4 is 5.78 Å². The minimum absolute atomic E-state index is 0.00823. The van der Waals surface area contributed by atoms with Crippen LogP contribution in [0.1, 0.15) is 34.1 Å². The number of pyridine rings is 1. The number of alkyl halides is 3. The van der Waals surface area contributed by atoms with E-state index in [4.69, 9.17) is 5.26 Å². The fraction of sp³-hybridized carbons (Fsp3) is 0.120. The Hall–Kier alpha value is -4.45. The van der Waals surface area contributed by atoms with Crippen LogP contribution in [0, 0.1) is 18.3 Å². The highest BCUT2D eigenvalue weighted by Crippen LogP contribution is 2.32. The highest BCUT2D eigenvalue weighted by atomic mass is 19.4. The second kappa shape index (κ2) is 8.48. The molecule has 0 aliphatic rings. The SMILES string of the molecule is CC(=O)c1cc(-c2ccnn2-c2ccc(C#N)cc2)c(C)n(-c2cccc(C(F)(F)F)c2)c1=O. The molecule has 34 heavy (non-hydrogen) atoms. The number of nitrogens with zero attached hydrogens (tertiary/aromatic N) is 4. The number of carbonyl (C=O) groups is 1. The van der Waals surface area contributed by atoms with E-state index in [2.05, 4.69) is 5.10 Å². The van der Waals surface area contributed by atoms with Crippen molar-refractivity contribution in [3.05, 3.63) is 99.6 Å². The van der Waals surface area contributed by atoms with Gasteiger partial charge in [-0.15, -0.1) is 0 Å². The van der Waals surface area contributed by atoms with Gasteiger partial charge in [0.25, 0.3) is 5.56 Å². The second-order valence-corrected chi connectivity index (χ2v) is 7.59. The Balaban J connectivity index is 1.98. The molecule has 0 unspecified atom stereocenters. The first-order chi connectivity index (χ1) is 16.1. The first kappa shape index (κ1) is 22.7. The fourth-order valence-corrected chi connectivity index (χ4v) is 3.74. The summed E-state index contributed by atoms with van der Waals surface area (Å²) >= 11 is 0. The summed E-state index contributed by atoms with van der Waals surface area (Å²) in [5.74, 6) is -0.517. The number of Topliss-reactive ketones (excluding diaryl/α,β-unsaturated/α-hetero) is 1. The third-order valence-electron chi connectivity index (χ3n) is 5.42. The van der Waals surface area contributed by atoms with Crippen LogP contribution in [0.15, 0.2) is 71.7 Å². The maximum Gasteiger partial charge on any atom is 0.416 e. The number of halogens is 3. The van der Waals surface area contributed by atoms with Crippen LogP contribution in [-0.4, -0.2) is 20.1 Å². The topological polar surface area (TPSA) is 80.7 Å². The molecule has 0 fully saturated rings. The van der Waals surface area contributed by atoms with Crippen molar-refractivity contribution in [1.82, 2.24) is 14.3 Å². The summed E-state index contributed by atoms with van der Waals surface area (Å²) in [4.78, 5) is 25.4. The number of benzene rings is 2. The van der Waals surface area contributed by atoms with Crippen LogP contribution >= 0.6 is 0 Å². The first-order valence-electron chi connectivity index (χ1n) is 10.1. The van der Waals surface area contributed by atoms with Gasteiger partial charge in [-0.1, -0.05) is 6.07 Å². The molecule has 0 N–H and O–H groups in total. The van der Waals surface area contributed by atoms with Crippen molar-refractivity contribution in [3.63, 3.8) is 0 Å². The van der Waals surface area contributed by atoms with Gasteiger partial charge < -0.3 is 0 Å². The highest BCUT2D eigenvalue weighted by Gasteiger charge is 2.31. The Bertz CT molecular complexity index is 1510. The summed E-state index contributed by atoms with van der Waals surface area (Å²) in [6.45, 7) is 2.82. The third-order valence-corrected chi connectivity index (χ3v) is 5.42. The van der Waals surface area contributed by atoms with Crippen molar-refractivity contribution in [3.8, 4) is 28.7 Å². The van der Waals surface area contributed by atoms with Crippen LogP contribution in [0.2, 0.25) is 0 Å². The molecule has 0 atom stereocenters. The minimum Gasteiger partial charge on any atom is -0.294 e. The first-order valence-corrected chi connectivity index (χ1v) is 10.1. The van der Waals surface area contributed by atoms with E-state index in [1.54, 1.807) is 41.9 Å². The van der Waals surface area contributed by atoms with Crippen LogP contribution in [-0.2, 0) is 6.18 Å². The van der Waals surface area contributed by atoms with Gasteiger partial charge >= 0.3 is 6.18 Å². The Morgan fingerprint density at radius 3 is 2.35 bits per heavy atom. The second-order valence-electron chi connectivity index (χ2n) is 7.59. The minimum atomic E-state index is -4.59. The molecular formula is C25H17F3N4O2. The molecule has 0 bridgehead atoms. The van der Waals surface area contributed by atoms with E-state index in [9.17, 15) is 22.8 Å². The number of hydrogen-bond acceptors (Lipinski definition) is 4. The van der Waals surface area contributed by atoms with Gasteiger partial charge in [-0.3, -0.25) is 14.2 Å². The molecule has 4 rings (SSSR count).